The Hall–Kier alpha value is -1.13. The highest BCUT2D eigenvalue weighted by Gasteiger charge is 2.10. The Kier molecular flexibility index (Phi) is 6.69. The van der Waals surface area contributed by atoms with Gasteiger partial charge in [0.15, 0.2) is 0 Å². The zero-order chi connectivity index (χ0) is 11.3. The number of carbonyl (C=O) groups excluding carboxylic acids is 1. The van der Waals surface area contributed by atoms with Crippen LogP contribution in [0.1, 0.15) is 10.4 Å². The van der Waals surface area contributed by atoms with E-state index in [1.807, 2.05) is 7.05 Å². The lowest BCUT2D eigenvalue weighted by Gasteiger charge is -2.16. The lowest BCUT2D eigenvalue weighted by atomic mass is 10.2. The molecule has 0 heterocycles. The summed E-state index contributed by atoms with van der Waals surface area (Å²) in [4.78, 5) is 13.3. The van der Waals surface area contributed by atoms with Crippen LogP contribution in [0, 0.1) is 5.82 Å². The van der Waals surface area contributed by atoms with Crippen molar-refractivity contribution < 1.29 is 9.18 Å². The van der Waals surface area contributed by atoms with Gasteiger partial charge >= 0.3 is 0 Å². The Morgan fingerprint density at radius 3 is 2.44 bits per heavy atom. The van der Waals surface area contributed by atoms with Crippen molar-refractivity contribution in [1.82, 2.24) is 10.2 Å². The summed E-state index contributed by atoms with van der Waals surface area (Å²) in [6.07, 6.45) is 0. The second-order valence-electron chi connectivity index (χ2n) is 3.34. The average Bonchev–Trinajstić information content (AvgIpc) is 2.26. The second kappa shape index (κ2) is 7.19. The number of amides is 1. The highest BCUT2D eigenvalue weighted by Crippen LogP contribution is 2.05. The van der Waals surface area contributed by atoms with Crippen LogP contribution in [0.3, 0.4) is 0 Å². The number of hydrogen-bond donors (Lipinski definition) is 1. The van der Waals surface area contributed by atoms with E-state index >= 15 is 0 Å². The topological polar surface area (TPSA) is 32.3 Å². The number of benzene rings is 1. The molecule has 3 nitrogen and oxygen atoms in total. The van der Waals surface area contributed by atoms with Gasteiger partial charge in [-0.25, -0.2) is 4.39 Å². The molecule has 90 valence electrons. The molecule has 1 aromatic rings. The lowest BCUT2D eigenvalue weighted by Crippen LogP contribution is -2.32. The van der Waals surface area contributed by atoms with Crippen molar-refractivity contribution >= 4 is 18.3 Å². The van der Waals surface area contributed by atoms with E-state index in [0.717, 1.165) is 6.54 Å². The Balaban J connectivity index is 0.00000225. The zero-order valence-corrected chi connectivity index (χ0v) is 10.2. The summed E-state index contributed by atoms with van der Waals surface area (Å²) >= 11 is 0. The van der Waals surface area contributed by atoms with Crippen LogP contribution < -0.4 is 5.32 Å². The third-order valence-electron chi connectivity index (χ3n) is 2.14. The maximum Gasteiger partial charge on any atom is 0.253 e. The van der Waals surface area contributed by atoms with Gasteiger partial charge in [-0.05, 0) is 31.3 Å². The second-order valence-corrected chi connectivity index (χ2v) is 3.34. The van der Waals surface area contributed by atoms with Gasteiger partial charge < -0.3 is 10.2 Å². The third-order valence-corrected chi connectivity index (χ3v) is 2.14. The van der Waals surface area contributed by atoms with Crippen molar-refractivity contribution in [2.45, 2.75) is 0 Å². The molecule has 5 heteroatoms. The van der Waals surface area contributed by atoms with E-state index in [0.29, 0.717) is 12.1 Å². The normalized spacial score (nSPS) is 9.44. The first-order valence-electron chi connectivity index (χ1n) is 4.81. The molecule has 1 rings (SSSR count). The Morgan fingerprint density at radius 1 is 1.38 bits per heavy atom. The predicted octanol–water partition coefficient (Wildman–Crippen LogP) is 1.54. The molecule has 0 bridgehead atoms. The fourth-order valence-electron chi connectivity index (χ4n) is 1.19. The fourth-order valence-corrected chi connectivity index (χ4v) is 1.19. The highest BCUT2D eigenvalue weighted by molar-refractivity contribution is 5.93. The summed E-state index contributed by atoms with van der Waals surface area (Å²) in [5, 5.41) is 2.96. The van der Waals surface area contributed by atoms with Gasteiger partial charge in [-0.15, -0.1) is 12.4 Å². The number of rotatable bonds is 4. The van der Waals surface area contributed by atoms with Crippen molar-refractivity contribution in [3.8, 4) is 0 Å². The first-order chi connectivity index (χ1) is 7.15. The molecule has 0 atom stereocenters. The Morgan fingerprint density at radius 2 is 1.94 bits per heavy atom. The van der Waals surface area contributed by atoms with E-state index in [1.54, 1.807) is 11.9 Å². The van der Waals surface area contributed by atoms with Crippen LogP contribution in [0.5, 0.6) is 0 Å². The summed E-state index contributed by atoms with van der Waals surface area (Å²) in [5.74, 6) is -0.422. The molecule has 0 unspecified atom stereocenters. The van der Waals surface area contributed by atoms with Gasteiger partial charge in [0.05, 0.1) is 0 Å². The van der Waals surface area contributed by atoms with Crippen LogP contribution in [-0.2, 0) is 0 Å². The predicted molar refractivity (Wildman–Crippen MR) is 64.5 cm³/mol. The molecule has 0 aliphatic carbocycles. The minimum absolute atomic E-state index is 0. The van der Waals surface area contributed by atoms with E-state index < -0.39 is 0 Å². The SMILES string of the molecule is CNCCN(C)C(=O)c1ccc(F)cc1.Cl. The largest absolute Gasteiger partial charge is 0.340 e. The van der Waals surface area contributed by atoms with Crippen LogP contribution in [0.2, 0.25) is 0 Å². The zero-order valence-electron chi connectivity index (χ0n) is 9.37. The molecule has 0 spiro atoms. The smallest absolute Gasteiger partial charge is 0.253 e. The molecule has 16 heavy (non-hydrogen) atoms. The summed E-state index contributed by atoms with van der Waals surface area (Å²) in [5.41, 5.74) is 0.509. The van der Waals surface area contributed by atoms with Gasteiger partial charge in [-0.3, -0.25) is 4.79 Å². The molecule has 0 aliphatic heterocycles. The number of carbonyl (C=O) groups is 1. The molecule has 1 aromatic carbocycles. The van der Waals surface area contributed by atoms with Crippen molar-refractivity contribution in [3.63, 3.8) is 0 Å². The van der Waals surface area contributed by atoms with E-state index in [-0.39, 0.29) is 24.1 Å². The number of likely N-dealkylation sites (N-methyl/N-ethyl adjacent to an activating group) is 2. The van der Waals surface area contributed by atoms with Gasteiger partial charge in [0.25, 0.3) is 5.91 Å². The number of hydrogen-bond acceptors (Lipinski definition) is 2. The number of nitrogens with zero attached hydrogens (tertiary/aromatic N) is 1. The van der Waals surface area contributed by atoms with Crippen LogP contribution in [-0.4, -0.2) is 38.0 Å². The van der Waals surface area contributed by atoms with E-state index in [2.05, 4.69) is 5.32 Å². The molecule has 0 fully saturated rings. The van der Waals surface area contributed by atoms with Gasteiger partial charge in [0, 0.05) is 25.7 Å². The standard InChI is InChI=1S/C11H15FN2O.ClH/c1-13-7-8-14(2)11(15)9-3-5-10(12)6-4-9;/h3-6,13H,7-8H2,1-2H3;1H. The number of nitrogens with one attached hydrogen (secondary N) is 1. The molecular weight excluding hydrogens is 231 g/mol. The lowest BCUT2D eigenvalue weighted by molar-refractivity contribution is 0.0797. The third kappa shape index (κ3) is 4.16. The van der Waals surface area contributed by atoms with Crippen molar-refractivity contribution in [3.05, 3.63) is 35.6 Å². The Bertz CT molecular complexity index is 329. The molecule has 0 radical (unpaired) electrons. The van der Waals surface area contributed by atoms with Gasteiger partial charge in [0.2, 0.25) is 0 Å². The first kappa shape index (κ1) is 14.9. The fraction of sp³-hybridized carbons (Fsp3) is 0.364. The van der Waals surface area contributed by atoms with E-state index in [1.165, 1.54) is 24.3 Å². The van der Waals surface area contributed by atoms with Crippen molar-refractivity contribution in [2.75, 3.05) is 27.2 Å². The van der Waals surface area contributed by atoms with Crippen LogP contribution in [0.4, 0.5) is 4.39 Å². The molecular formula is C11H16ClFN2O. The highest BCUT2D eigenvalue weighted by atomic mass is 35.5. The van der Waals surface area contributed by atoms with Crippen LogP contribution in [0.25, 0.3) is 0 Å². The first-order valence-corrected chi connectivity index (χ1v) is 4.81. The summed E-state index contributed by atoms with van der Waals surface area (Å²) in [6, 6.07) is 5.57. The van der Waals surface area contributed by atoms with Crippen LogP contribution in [0.15, 0.2) is 24.3 Å². The summed E-state index contributed by atoms with van der Waals surface area (Å²) in [6.45, 7) is 1.37. The quantitative estimate of drug-likeness (QED) is 0.874. The van der Waals surface area contributed by atoms with Crippen LogP contribution >= 0.6 is 12.4 Å². The maximum absolute atomic E-state index is 12.6. The van der Waals surface area contributed by atoms with Gasteiger partial charge in [-0.2, -0.15) is 0 Å². The molecule has 1 N–H and O–H groups in total. The van der Waals surface area contributed by atoms with Crippen molar-refractivity contribution in [2.24, 2.45) is 0 Å². The van der Waals surface area contributed by atoms with Gasteiger partial charge in [-0.1, -0.05) is 0 Å². The molecule has 0 saturated heterocycles. The summed E-state index contributed by atoms with van der Waals surface area (Å²) in [7, 11) is 3.55. The average molecular weight is 247 g/mol. The maximum atomic E-state index is 12.6. The minimum Gasteiger partial charge on any atom is -0.340 e. The van der Waals surface area contributed by atoms with E-state index in [9.17, 15) is 9.18 Å². The Labute approximate surface area is 101 Å². The molecule has 0 aromatic heterocycles. The molecule has 0 aliphatic rings. The van der Waals surface area contributed by atoms with E-state index in [4.69, 9.17) is 0 Å². The monoisotopic (exact) mass is 246 g/mol. The summed E-state index contributed by atoms with van der Waals surface area (Å²) < 4.78 is 12.6. The number of halogens is 2. The van der Waals surface area contributed by atoms with Crippen molar-refractivity contribution in [1.29, 1.82) is 0 Å². The molecule has 0 saturated carbocycles. The molecule has 1 amide bonds. The minimum atomic E-state index is -0.329. The van der Waals surface area contributed by atoms with Gasteiger partial charge in [0.1, 0.15) is 5.82 Å².